The topological polar surface area (TPSA) is 0 Å². The minimum atomic E-state index is -2.40. The molecule has 1 saturated heterocycles. The van der Waals surface area contributed by atoms with E-state index in [1.165, 1.54) is 24.9 Å². The molecule has 6 rings (SSSR count). The smallest absolute Gasteiger partial charge is 1.00 e. The van der Waals surface area contributed by atoms with E-state index < -0.39 is 20.3 Å². The van der Waals surface area contributed by atoms with Crippen molar-refractivity contribution in [3.05, 3.63) is 101 Å². The second kappa shape index (κ2) is 7.28. The fourth-order valence-electron chi connectivity index (χ4n) is 5.91. The maximum Gasteiger partial charge on any atom is -1.00 e. The third-order valence-electron chi connectivity index (χ3n) is 6.96. The second-order valence-electron chi connectivity index (χ2n) is 8.29. The molecule has 3 aliphatic rings. The average Bonchev–Trinajstić information content (AvgIpc) is 3.26. The summed E-state index contributed by atoms with van der Waals surface area (Å²) in [5, 5.41) is 0. The molecule has 1 unspecified atom stereocenters. The van der Waals surface area contributed by atoms with Gasteiger partial charge in [0.1, 0.15) is 0 Å². The van der Waals surface area contributed by atoms with E-state index in [-0.39, 0.29) is 24.8 Å². The van der Waals surface area contributed by atoms with Crippen LogP contribution in [-0.2, 0) is 20.3 Å². The maximum absolute atomic E-state index is 2.48. The van der Waals surface area contributed by atoms with Crippen LogP contribution in [0, 0.1) is 0 Å². The number of rotatable bonds is 2. The van der Waals surface area contributed by atoms with E-state index in [1.807, 2.05) is 0 Å². The zero-order chi connectivity index (χ0) is 17.3. The van der Waals surface area contributed by atoms with Crippen molar-refractivity contribution in [1.29, 1.82) is 0 Å². The largest absolute Gasteiger partial charge is 1.00 e. The van der Waals surface area contributed by atoms with Crippen molar-refractivity contribution >= 4 is 6.08 Å². The Balaban J connectivity index is 0.000000961. The van der Waals surface area contributed by atoms with Crippen molar-refractivity contribution in [2.24, 2.45) is 0 Å². The SMILES string of the molecule is CC1=Cc2ccccc2[CH]1[Zr+2]1([CH]2c3ccccc3-c3ccccc32)[CH2][CH2]1.[Cl-].[Cl-]. The van der Waals surface area contributed by atoms with Gasteiger partial charge in [-0.15, -0.1) is 0 Å². The Morgan fingerprint density at radius 2 is 1.14 bits per heavy atom. The summed E-state index contributed by atoms with van der Waals surface area (Å²) in [7, 11) is 0. The van der Waals surface area contributed by atoms with Crippen LogP contribution in [-0.4, -0.2) is 0 Å². The summed E-state index contributed by atoms with van der Waals surface area (Å²) in [6, 6.07) is 27.7. The van der Waals surface area contributed by atoms with Gasteiger partial charge in [0, 0.05) is 0 Å². The van der Waals surface area contributed by atoms with Crippen LogP contribution in [0.15, 0.2) is 78.4 Å². The average molecular weight is 485 g/mol. The van der Waals surface area contributed by atoms with Gasteiger partial charge >= 0.3 is 161 Å². The molecule has 0 radical (unpaired) electrons. The fourth-order valence-corrected chi connectivity index (χ4v) is 23.4. The third kappa shape index (κ3) is 2.67. The van der Waals surface area contributed by atoms with E-state index in [0.717, 1.165) is 7.25 Å². The number of allylic oxidation sites excluding steroid dienone is 1. The van der Waals surface area contributed by atoms with Gasteiger partial charge in [0.25, 0.3) is 0 Å². The summed E-state index contributed by atoms with van der Waals surface area (Å²) < 4.78 is 4.57. The van der Waals surface area contributed by atoms with Crippen molar-refractivity contribution in [2.45, 2.75) is 22.4 Å². The van der Waals surface area contributed by atoms with Crippen molar-refractivity contribution < 1.29 is 45.1 Å². The van der Waals surface area contributed by atoms with Crippen molar-refractivity contribution in [3.63, 3.8) is 0 Å². The molecule has 3 heteroatoms. The summed E-state index contributed by atoms with van der Waals surface area (Å²) in [6.45, 7) is 2.40. The predicted octanol–water partition coefficient (Wildman–Crippen LogP) is 0.927. The van der Waals surface area contributed by atoms with Crippen LogP contribution < -0.4 is 24.8 Å². The monoisotopic (exact) mass is 482 g/mol. The van der Waals surface area contributed by atoms with Crippen LogP contribution in [0.4, 0.5) is 0 Å². The van der Waals surface area contributed by atoms with Crippen molar-refractivity contribution in [3.8, 4) is 11.1 Å². The van der Waals surface area contributed by atoms with Gasteiger partial charge in [0.05, 0.1) is 0 Å². The molecular weight excluding hydrogens is 462 g/mol. The van der Waals surface area contributed by atoms with Gasteiger partial charge in [-0.3, -0.25) is 0 Å². The van der Waals surface area contributed by atoms with Gasteiger partial charge < -0.3 is 24.8 Å². The number of benzene rings is 3. The van der Waals surface area contributed by atoms with E-state index in [9.17, 15) is 0 Å². The summed E-state index contributed by atoms with van der Waals surface area (Å²) >= 11 is -2.40. The van der Waals surface area contributed by atoms with Gasteiger partial charge in [-0.1, -0.05) is 0 Å². The molecule has 28 heavy (non-hydrogen) atoms. The molecule has 3 aromatic rings. The van der Waals surface area contributed by atoms with Crippen LogP contribution in [0.3, 0.4) is 0 Å². The normalized spacial score (nSPS) is 19.0. The van der Waals surface area contributed by atoms with Crippen LogP contribution in [0.25, 0.3) is 17.2 Å². The van der Waals surface area contributed by atoms with Crippen molar-refractivity contribution in [1.82, 2.24) is 0 Å². The molecular formula is C25H22Cl2Zr. The first-order chi connectivity index (χ1) is 12.8. The number of hydrogen-bond acceptors (Lipinski definition) is 0. The van der Waals surface area contributed by atoms with Crippen molar-refractivity contribution in [2.75, 3.05) is 0 Å². The van der Waals surface area contributed by atoms with Gasteiger partial charge in [0.2, 0.25) is 0 Å². The predicted molar refractivity (Wildman–Crippen MR) is 106 cm³/mol. The minimum Gasteiger partial charge on any atom is -1.00 e. The third-order valence-corrected chi connectivity index (χ3v) is 20.1. The van der Waals surface area contributed by atoms with Gasteiger partial charge in [-0.25, -0.2) is 0 Å². The molecule has 1 aliphatic heterocycles. The zero-order valence-electron chi connectivity index (χ0n) is 15.8. The molecule has 0 bridgehead atoms. The summed E-state index contributed by atoms with van der Waals surface area (Å²) in [5.41, 5.74) is 11.0. The quantitative estimate of drug-likeness (QED) is 0.508. The summed E-state index contributed by atoms with van der Waals surface area (Å²) in [6.07, 6.45) is 2.48. The Hall–Kier alpha value is -1.14. The van der Waals surface area contributed by atoms with Gasteiger partial charge in [-0.05, 0) is 0 Å². The fraction of sp³-hybridized carbons (Fsp3) is 0.200. The minimum absolute atomic E-state index is 0. The first-order valence-electron chi connectivity index (χ1n) is 9.75. The molecule has 0 aromatic heterocycles. The van der Waals surface area contributed by atoms with E-state index in [1.54, 1.807) is 22.3 Å². The standard InChI is InChI=1S/C13H9.C10H9.C2H4.2ClH.Zr/c1-3-7-12-10(5-1)9-11-6-2-4-8-13(11)12;1-8-6-9-4-2-3-5-10(9)7-8;1-2;;;/h1-9H;2-7H,1H3;1-2H2;2*1H;/q;;;;;+2/p-2. The molecule has 140 valence electrons. The molecule has 2 aliphatic carbocycles. The Bertz CT molecular complexity index is 1040. The molecule has 1 atom stereocenters. The summed E-state index contributed by atoms with van der Waals surface area (Å²) in [5.74, 6) is 0. The molecule has 0 nitrogen and oxygen atoms in total. The molecule has 1 fully saturated rings. The molecule has 0 saturated carbocycles. The number of halogens is 2. The number of fused-ring (bicyclic) bond motifs is 4. The van der Waals surface area contributed by atoms with Crippen LogP contribution >= 0.6 is 0 Å². The first-order valence-corrected chi connectivity index (χ1v) is 16.1. The molecule has 1 heterocycles. The Morgan fingerprint density at radius 3 is 1.71 bits per heavy atom. The zero-order valence-corrected chi connectivity index (χ0v) is 19.8. The van der Waals surface area contributed by atoms with Gasteiger partial charge in [-0.2, -0.15) is 0 Å². The molecule has 0 amide bonds. The first kappa shape index (κ1) is 20.1. The molecule has 3 aromatic carbocycles. The molecule has 0 spiro atoms. The Labute approximate surface area is 184 Å². The second-order valence-corrected chi connectivity index (χ2v) is 19.6. The Kier molecular flexibility index (Phi) is 5.24. The van der Waals surface area contributed by atoms with Crippen LogP contribution in [0.2, 0.25) is 8.26 Å². The molecule has 0 N–H and O–H groups in total. The van der Waals surface area contributed by atoms with E-state index >= 15 is 0 Å². The van der Waals surface area contributed by atoms with E-state index in [2.05, 4.69) is 85.8 Å². The van der Waals surface area contributed by atoms with Crippen LogP contribution in [0.5, 0.6) is 0 Å². The Morgan fingerprint density at radius 1 is 0.643 bits per heavy atom. The summed E-state index contributed by atoms with van der Waals surface area (Å²) in [4.78, 5) is 0. The van der Waals surface area contributed by atoms with Gasteiger partial charge in [0.15, 0.2) is 0 Å². The van der Waals surface area contributed by atoms with Crippen LogP contribution in [0.1, 0.15) is 36.4 Å². The number of hydrogen-bond donors (Lipinski definition) is 0. The van der Waals surface area contributed by atoms with E-state index in [4.69, 9.17) is 0 Å². The van der Waals surface area contributed by atoms with E-state index in [0.29, 0.717) is 0 Å². The maximum atomic E-state index is 2.48.